The van der Waals surface area contributed by atoms with Gasteiger partial charge in [-0.05, 0) is 56.4 Å². The number of anilines is 2. The molecular formula is C25H29N3O5S. The Morgan fingerprint density at radius 1 is 1.00 bits per heavy atom. The molecule has 34 heavy (non-hydrogen) atoms. The number of aromatic nitrogens is 1. The van der Waals surface area contributed by atoms with Gasteiger partial charge in [-0.3, -0.25) is 4.72 Å². The van der Waals surface area contributed by atoms with Crippen LogP contribution in [0.25, 0.3) is 22.2 Å². The van der Waals surface area contributed by atoms with Gasteiger partial charge in [0.15, 0.2) is 0 Å². The maximum absolute atomic E-state index is 12.3. The first-order chi connectivity index (χ1) is 16.5. The molecule has 2 aliphatic carbocycles. The molecule has 1 aliphatic heterocycles. The summed E-state index contributed by atoms with van der Waals surface area (Å²) in [5.41, 5.74) is 11.0. The summed E-state index contributed by atoms with van der Waals surface area (Å²) in [6.07, 6.45) is 4.73. The lowest BCUT2D eigenvalue weighted by molar-refractivity contribution is -0.143. The fourth-order valence-electron chi connectivity index (χ4n) is 4.76. The minimum absolute atomic E-state index is 0.137. The van der Waals surface area contributed by atoms with Crippen LogP contribution in [0.5, 0.6) is 5.75 Å². The number of hydrogen-bond acceptors (Lipinski definition) is 6. The highest BCUT2D eigenvalue weighted by Crippen LogP contribution is 2.45. The fraction of sp³-hybridized carbons (Fsp3) is 0.440. The fourth-order valence-corrected chi connectivity index (χ4v) is 6.15. The first-order valence-electron chi connectivity index (χ1n) is 11.9. The molecule has 3 fully saturated rings. The van der Waals surface area contributed by atoms with Gasteiger partial charge in [0.2, 0.25) is 10.0 Å². The lowest BCUT2D eigenvalue weighted by Crippen LogP contribution is -2.33. The lowest BCUT2D eigenvalue weighted by Gasteiger charge is -2.30. The molecule has 0 amide bonds. The molecule has 3 N–H and O–H groups in total. The molecule has 3 aliphatic rings. The summed E-state index contributed by atoms with van der Waals surface area (Å²) < 4.78 is 46.4. The maximum atomic E-state index is 12.3. The summed E-state index contributed by atoms with van der Waals surface area (Å²) in [7, 11) is -3.29. The second kappa shape index (κ2) is 8.48. The predicted molar refractivity (Wildman–Crippen MR) is 131 cm³/mol. The summed E-state index contributed by atoms with van der Waals surface area (Å²) >= 11 is 0. The number of ether oxygens (including phenoxy) is 3. The van der Waals surface area contributed by atoms with Crippen LogP contribution >= 0.6 is 0 Å². The Morgan fingerprint density at radius 3 is 2.38 bits per heavy atom. The van der Waals surface area contributed by atoms with E-state index in [9.17, 15) is 8.42 Å². The molecule has 0 radical (unpaired) electrons. The van der Waals surface area contributed by atoms with Crippen LogP contribution in [-0.4, -0.2) is 44.3 Å². The van der Waals surface area contributed by atoms with Crippen molar-refractivity contribution in [2.45, 2.75) is 49.5 Å². The number of nitrogens with two attached hydrogens (primary N) is 1. The molecule has 6 rings (SSSR count). The van der Waals surface area contributed by atoms with E-state index >= 15 is 0 Å². The van der Waals surface area contributed by atoms with E-state index in [1.807, 2.05) is 36.4 Å². The number of nitrogens with zero attached hydrogens (tertiary/aromatic N) is 1. The normalized spacial score (nSPS) is 19.8. The van der Waals surface area contributed by atoms with E-state index in [0.717, 1.165) is 59.3 Å². The molecule has 0 spiro atoms. The summed E-state index contributed by atoms with van der Waals surface area (Å²) in [5, 5.41) is 0.732. The van der Waals surface area contributed by atoms with Gasteiger partial charge in [0.25, 0.3) is 0 Å². The number of benzene rings is 2. The van der Waals surface area contributed by atoms with Crippen LogP contribution in [0.2, 0.25) is 0 Å². The lowest BCUT2D eigenvalue weighted by atomic mass is 9.92. The third-order valence-electron chi connectivity index (χ3n) is 6.91. The zero-order valence-electron chi connectivity index (χ0n) is 18.9. The molecule has 9 heteroatoms. The number of fused-ring (bicyclic) bond motifs is 1. The largest absolute Gasteiger partial charge is 0.486 e. The molecule has 2 saturated carbocycles. The van der Waals surface area contributed by atoms with Crippen molar-refractivity contribution in [1.82, 2.24) is 4.57 Å². The van der Waals surface area contributed by atoms with Gasteiger partial charge in [0, 0.05) is 28.7 Å². The molecule has 3 aromatic rings. The van der Waals surface area contributed by atoms with Crippen LogP contribution in [0.15, 0.2) is 42.5 Å². The second-order valence-corrected chi connectivity index (χ2v) is 11.4. The van der Waals surface area contributed by atoms with Gasteiger partial charge >= 0.3 is 0 Å². The van der Waals surface area contributed by atoms with E-state index in [1.54, 1.807) is 0 Å². The molecule has 2 aromatic carbocycles. The predicted octanol–water partition coefficient (Wildman–Crippen LogP) is 4.27. The second-order valence-electron chi connectivity index (χ2n) is 9.42. The Kier molecular flexibility index (Phi) is 5.43. The Bertz CT molecular complexity index is 1300. The molecule has 0 unspecified atom stereocenters. The summed E-state index contributed by atoms with van der Waals surface area (Å²) in [6.45, 7) is 1.32. The Balaban J connectivity index is 1.36. The molecule has 1 saturated heterocycles. The number of sulfonamides is 1. The minimum Gasteiger partial charge on any atom is -0.486 e. The van der Waals surface area contributed by atoms with Crippen LogP contribution in [-0.2, 0) is 19.5 Å². The summed E-state index contributed by atoms with van der Waals surface area (Å²) in [6, 6.07) is 13.9. The molecular weight excluding hydrogens is 454 g/mol. The van der Waals surface area contributed by atoms with Crippen molar-refractivity contribution in [3.8, 4) is 17.0 Å². The molecule has 180 valence electrons. The van der Waals surface area contributed by atoms with Crippen molar-refractivity contribution in [1.29, 1.82) is 0 Å². The zero-order chi connectivity index (χ0) is 23.3. The van der Waals surface area contributed by atoms with Crippen molar-refractivity contribution in [3.63, 3.8) is 0 Å². The van der Waals surface area contributed by atoms with Crippen LogP contribution in [0.4, 0.5) is 11.4 Å². The number of nitrogens with one attached hydrogen (secondary N) is 1. The van der Waals surface area contributed by atoms with Gasteiger partial charge in [-0.1, -0.05) is 12.1 Å². The number of nitrogen functional groups attached to an aromatic ring is 1. The van der Waals surface area contributed by atoms with E-state index in [0.29, 0.717) is 31.7 Å². The molecule has 0 atom stereocenters. The van der Waals surface area contributed by atoms with Gasteiger partial charge in [-0.15, -0.1) is 0 Å². The smallest absolute Gasteiger partial charge is 0.235 e. The maximum Gasteiger partial charge on any atom is 0.235 e. The van der Waals surface area contributed by atoms with E-state index < -0.39 is 10.0 Å². The van der Waals surface area contributed by atoms with Gasteiger partial charge in [-0.25, -0.2) is 8.42 Å². The van der Waals surface area contributed by atoms with Gasteiger partial charge < -0.3 is 24.5 Å². The monoisotopic (exact) mass is 483 g/mol. The van der Waals surface area contributed by atoms with Crippen molar-refractivity contribution >= 4 is 32.3 Å². The standard InChI is InChI=1S/C25H29N3O5S/c26-24-22-11-8-19(33-20-13-31-15-32-14-20)12-23(22)28(18-2-1-3-18)25(24)16-4-6-17(7-5-16)27-34(29,30)21-9-10-21/h4-8,11-12,18,20-21,27H,1-3,9-10,13-15,26H2. The SMILES string of the molecule is Nc1c(-c2ccc(NS(=O)(=O)C3CC3)cc2)n(C2CCC2)c2cc(OC3COCOC3)ccc12. The Morgan fingerprint density at radius 2 is 1.74 bits per heavy atom. The van der Waals surface area contributed by atoms with Crippen LogP contribution in [0, 0.1) is 0 Å². The van der Waals surface area contributed by atoms with E-state index in [-0.39, 0.29) is 11.4 Å². The molecule has 0 bridgehead atoms. The highest BCUT2D eigenvalue weighted by atomic mass is 32.2. The van der Waals surface area contributed by atoms with Gasteiger partial charge in [-0.2, -0.15) is 0 Å². The highest BCUT2D eigenvalue weighted by molar-refractivity contribution is 7.93. The van der Waals surface area contributed by atoms with Gasteiger partial charge in [0.1, 0.15) is 18.6 Å². The van der Waals surface area contributed by atoms with Gasteiger partial charge in [0.05, 0.1) is 35.4 Å². The average Bonchev–Trinajstić information content (AvgIpc) is 3.62. The average molecular weight is 484 g/mol. The van der Waals surface area contributed by atoms with Crippen molar-refractivity contribution in [2.75, 3.05) is 30.5 Å². The molecule has 2 heterocycles. The number of hydrogen-bond donors (Lipinski definition) is 2. The molecule has 8 nitrogen and oxygen atoms in total. The third kappa shape index (κ3) is 4.01. The zero-order valence-corrected chi connectivity index (χ0v) is 19.7. The van der Waals surface area contributed by atoms with Crippen LogP contribution < -0.4 is 15.2 Å². The first-order valence-corrected chi connectivity index (χ1v) is 13.4. The molecule has 1 aromatic heterocycles. The topological polar surface area (TPSA) is 105 Å². The van der Waals surface area contributed by atoms with Crippen molar-refractivity contribution < 1.29 is 22.6 Å². The van der Waals surface area contributed by atoms with E-state index in [2.05, 4.69) is 15.4 Å². The summed E-state index contributed by atoms with van der Waals surface area (Å²) in [4.78, 5) is 0. The number of rotatable bonds is 7. The summed E-state index contributed by atoms with van der Waals surface area (Å²) in [5.74, 6) is 0.765. The minimum atomic E-state index is -3.29. The third-order valence-corrected chi connectivity index (χ3v) is 8.78. The Hall–Kier alpha value is -2.75. The van der Waals surface area contributed by atoms with E-state index in [1.165, 1.54) is 6.42 Å². The van der Waals surface area contributed by atoms with Crippen molar-refractivity contribution in [2.24, 2.45) is 0 Å². The van der Waals surface area contributed by atoms with Crippen LogP contribution in [0.1, 0.15) is 38.1 Å². The van der Waals surface area contributed by atoms with Crippen LogP contribution in [0.3, 0.4) is 0 Å². The first kappa shape index (κ1) is 21.8. The van der Waals surface area contributed by atoms with Crippen molar-refractivity contribution in [3.05, 3.63) is 42.5 Å². The Labute approximate surface area is 199 Å². The highest BCUT2D eigenvalue weighted by Gasteiger charge is 2.35. The quantitative estimate of drug-likeness (QED) is 0.520. The van der Waals surface area contributed by atoms with E-state index in [4.69, 9.17) is 19.9 Å².